The summed E-state index contributed by atoms with van der Waals surface area (Å²) in [6.45, 7) is 3.45. The zero-order chi connectivity index (χ0) is 14.7. The highest BCUT2D eigenvalue weighted by molar-refractivity contribution is 5.60. The van der Waals surface area contributed by atoms with Crippen molar-refractivity contribution in [2.75, 3.05) is 0 Å². The molecule has 3 aromatic rings. The van der Waals surface area contributed by atoms with E-state index >= 15 is 0 Å². The van der Waals surface area contributed by atoms with Gasteiger partial charge in [0.05, 0.1) is 18.2 Å². The van der Waals surface area contributed by atoms with Crippen LogP contribution in [-0.4, -0.2) is 9.55 Å². The molecular formula is C18H19N3. The van der Waals surface area contributed by atoms with Gasteiger partial charge in [0.2, 0.25) is 0 Å². The second-order valence-corrected chi connectivity index (χ2v) is 5.25. The van der Waals surface area contributed by atoms with E-state index in [-0.39, 0.29) is 0 Å². The average molecular weight is 277 g/mol. The Morgan fingerprint density at radius 2 is 1.86 bits per heavy atom. The third kappa shape index (κ3) is 2.88. The predicted octanol–water partition coefficient (Wildman–Crippen LogP) is 3.37. The van der Waals surface area contributed by atoms with Crippen molar-refractivity contribution >= 4 is 0 Å². The Bertz CT molecular complexity index is 743. The van der Waals surface area contributed by atoms with E-state index < -0.39 is 0 Å². The van der Waals surface area contributed by atoms with Crippen LogP contribution in [0.4, 0.5) is 0 Å². The second-order valence-electron chi connectivity index (χ2n) is 5.25. The molecule has 0 radical (unpaired) electrons. The first-order valence-electron chi connectivity index (χ1n) is 7.12. The molecular weight excluding hydrogens is 258 g/mol. The van der Waals surface area contributed by atoms with Crippen LogP contribution in [0.15, 0.2) is 61.1 Å². The smallest absolute Gasteiger partial charge is 0.0954 e. The van der Waals surface area contributed by atoms with Gasteiger partial charge in [-0.2, -0.15) is 0 Å². The van der Waals surface area contributed by atoms with Crippen molar-refractivity contribution in [3.8, 4) is 11.3 Å². The van der Waals surface area contributed by atoms with Crippen molar-refractivity contribution < 1.29 is 0 Å². The molecule has 2 aromatic carbocycles. The second kappa shape index (κ2) is 5.94. The predicted molar refractivity (Wildman–Crippen MR) is 85.8 cm³/mol. The lowest BCUT2D eigenvalue weighted by Gasteiger charge is -2.12. The number of nitrogens with zero attached hydrogens (tertiary/aromatic N) is 2. The normalized spacial score (nSPS) is 10.8. The first-order valence-corrected chi connectivity index (χ1v) is 7.12. The Morgan fingerprint density at radius 3 is 2.62 bits per heavy atom. The number of nitrogens with two attached hydrogens (primary N) is 1. The van der Waals surface area contributed by atoms with Crippen molar-refractivity contribution in [1.82, 2.24) is 9.55 Å². The zero-order valence-electron chi connectivity index (χ0n) is 12.2. The lowest BCUT2D eigenvalue weighted by Crippen LogP contribution is -2.06. The Hall–Kier alpha value is -2.39. The Balaban J connectivity index is 1.96. The first kappa shape index (κ1) is 13.6. The fourth-order valence-electron chi connectivity index (χ4n) is 2.59. The summed E-state index contributed by atoms with van der Waals surface area (Å²) in [6, 6.07) is 16.8. The van der Waals surface area contributed by atoms with Crippen molar-refractivity contribution in [3.05, 3.63) is 77.7 Å². The SMILES string of the molecule is Cc1cccc(-c2cncn2Cc2ccccc2CN)c1. The van der Waals surface area contributed by atoms with Gasteiger partial charge in [0.1, 0.15) is 0 Å². The van der Waals surface area contributed by atoms with E-state index in [1.165, 1.54) is 22.3 Å². The summed E-state index contributed by atoms with van der Waals surface area (Å²) in [4.78, 5) is 4.31. The van der Waals surface area contributed by atoms with Gasteiger partial charge in [-0.25, -0.2) is 4.98 Å². The zero-order valence-corrected chi connectivity index (χ0v) is 12.2. The van der Waals surface area contributed by atoms with E-state index in [0.29, 0.717) is 6.54 Å². The van der Waals surface area contributed by atoms with E-state index in [1.54, 1.807) is 0 Å². The number of hydrogen-bond acceptors (Lipinski definition) is 2. The maximum atomic E-state index is 5.82. The molecule has 3 nitrogen and oxygen atoms in total. The van der Waals surface area contributed by atoms with E-state index in [9.17, 15) is 0 Å². The maximum absolute atomic E-state index is 5.82. The van der Waals surface area contributed by atoms with Crippen molar-refractivity contribution in [3.63, 3.8) is 0 Å². The minimum Gasteiger partial charge on any atom is -0.326 e. The molecule has 0 fully saturated rings. The van der Waals surface area contributed by atoms with Gasteiger partial charge in [-0.15, -0.1) is 0 Å². The highest BCUT2D eigenvalue weighted by Crippen LogP contribution is 2.21. The van der Waals surface area contributed by atoms with E-state index in [0.717, 1.165) is 12.2 Å². The van der Waals surface area contributed by atoms with Crippen LogP contribution in [0.2, 0.25) is 0 Å². The van der Waals surface area contributed by atoms with Gasteiger partial charge in [-0.3, -0.25) is 0 Å². The van der Waals surface area contributed by atoms with Crippen LogP contribution in [0.25, 0.3) is 11.3 Å². The molecule has 3 heteroatoms. The van der Waals surface area contributed by atoms with Gasteiger partial charge < -0.3 is 10.3 Å². The molecule has 0 saturated carbocycles. The van der Waals surface area contributed by atoms with Crippen LogP contribution in [-0.2, 0) is 13.1 Å². The van der Waals surface area contributed by atoms with Crippen LogP contribution in [0.3, 0.4) is 0 Å². The molecule has 0 unspecified atom stereocenters. The summed E-state index contributed by atoms with van der Waals surface area (Å²) in [5, 5.41) is 0. The van der Waals surface area contributed by atoms with E-state index in [2.05, 4.69) is 58.9 Å². The first-order chi connectivity index (χ1) is 10.3. The molecule has 0 bridgehead atoms. The summed E-state index contributed by atoms with van der Waals surface area (Å²) < 4.78 is 2.17. The number of rotatable bonds is 4. The summed E-state index contributed by atoms with van der Waals surface area (Å²) >= 11 is 0. The van der Waals surface area contributed by atoms with Crippen LogP contribution >= 0.6 is 0 Å². The Morgan fingerprint density at radius 1 is 1.05 bits per heavy atom. The molecule has 2 N–H and O–H groups in total. The molecule has 0 aliphatic carbocycles. The number of aryl methyl sites for hydroxylation is 1. The average Bonchev–Trinajstić information content (AvgIpc) is 2.96. The molecule has 0 atom stereocenters. The largest absolute Gasteiger partial charge is 0.326 e. The third-order valence-corrected chi connectivity index (χ3v) is 3.71. The van der Waals surface area contributed by atoms with Crippen LogP contribution < -0.4 is 5.73 Å². The molecule has 0 aliphatic heterocycles. The molecule has 3 rings (SSSR count). The van der Waals surface area contributed by atoms with Crippen molar-refractivity contribution in [1.29, 1.82) is 0 Å². The summed E-state index contributed by atoms with van der Waals surface area (Å²) in [7, 11) is 0. The molecule has 1 heterocycles. The van der Waals surface area contributed by atoms with E-state index in [1.807, 2.05) is 18.6 Å². The van der Waals surface area contributed by atoms with Crippen LogP contribution in [0, 0.1) is 6.92 Å². The van der Waals surface area contributed by atoms with Gasteiger partial charge in [0, 0.05) is 18.7 Å². The maximum Gasteiger partial charge on any atom is 0.0954 e. The molecule has 0 amide bonds. The number of imidazole rings is 1. The van der Waals surface area contributed by atoms with Gasteiger partial charge in [0.15, 0.2) is 0 Å². The quantitative estimate of drug-likeness (QED) is 0.794. The third-order valence-electron chi connectivity index (χ3n) is 3.71. The summed E-state index contributed by atoms with van der Waals surface area (Å²) in [6.07, 6.45) is 3.80. The van der Waals surface area contributed by atoms with Crippen molar-refractivity contribution in [2.45, 2.75) is 20.0 Å². The molecule has 106 valence electrons. The summed E-state index contributed by atoms with van der Waals surface area (Å²) in [5.41, 5.74) is 11.8. The monoisotopic (exact) mass is 277 g/mol. The van der Waals surface area contributed by atoms with Gasteiger partial charge in [0.25, 0.3) is 0 Å². The molecule has 0 spiro atoms. The Kier molecular flexibility index (Phi) is 3.84. The topological polar surface area (TPSA) is 43.8 Å². The lowest BCUT2D eigenvalue weighted by atomic mass is 10.1. The number of benzene rings is 2. The number of aromatic nitrogens is 2. The van der Waals surface area contributed by atoms with Crippen molar-refractivity contribution in [2.24, 2.45) is 5.73 Å². The Labute approximate surface area is 125 Å². The highest BCUT2D eigenvalue weighted by Gasteiger charge is 2.07. The number of hydrogen-bond donors (Lipinski definition) is 1. The van der Waals surface area contributed by atoms with E-state index in [4.69, 9.17) is 5.73 Å². The lowest BCUT2D eigenvalue weighted by molar-refractivity contribution is 0.791. The fourth-order valence-corrected chi connectivity index (χ4v) is 2.59. The minimum atomic E-state index is 0.560. The molecule has 0 aliphatic rings. The standard InChI is InChI=1S/C18H19N3/c1-14-5-4-8-15(9-14)18-11-20-13-21(18)12-17-7-3-2-6-16(17)10-19/h2-9,11,13H,10,12,19H2,1H3. The van der Waals surface area contributed by atoms with Gasteiger partial charge >= 0.3 is 0 Å². The van der Waals surface area contributed by atoms with Crippen LogP contribution in [0.1, 0.15) is 16.7 Å². The summed E-state index contributed by atoms with van der Waals surface area (Å²) in [5.74, 6) is 0. The van der Waals surface area contributed by atoms with Crippen LogP contribution in [0.5, 0.6) is 0 Å². The fraction of sp³-hybridized carbons (Fsp3) is 0.167. The molecule has 0 saturated heterocycles. The molecule has 21 heavy (non-hydrogen) atoms. The molecule has 1 aromatic heterocycles. The minimum absolute atomic E-state index is 0.560. The highest BCUT2D eigenvalue weighted by atomic mass is 15.0. The van der Waals surface area contributed by atoms with Gasteiger partial charge in [-0.1, -0.05) is 48.0 Å². The van der Waals surface area contributed by atoms with Gasteiger partial charge in [-0.05, 0) is 24.1 Å².